The summed E-state index contributed by atoms with van der Waals surface area (Å²) in [6.07, 6.45) is 4.71. The number of fused-ring (bicyclic) bond motifs is 2. The highest BCUT2D eigenvalue weighted by molar-refractivity contribution is 6.13. The lowest BCUT2D eigenvalue weighted by Gasteiger charge is -2.39. The van der Waals surface area contributed by atoms with Gasteiger partial charge < -0.3 is 14.4 Å². The van der Waals surface area contributed by atoms with Crippen molar-refractivity contribution in [2.45, 2.75) is 20.4 Å². The van der Waals surface area contributed by atoms with E-state index in [0.29, 0.717) is 11.3 Å². The Bertz CT molecular complexity index is 728. The molecule has 0 radical (unpaired) electrons. The summed E-state index contributed by atoms with van der Waals surface area (Å²) in [5, 5.41) is 0. The average Bonchev–Trinajstić information content (AvgIpc) is 2.53. The van der Waals surface area contributed by atoms with Gasteiger partial charge in [-0.15, -0.1) is 0 Å². The zero-order chi connectivity index (χ0) is 15.9. The van der Waals surface area contributed by atoms with Crippen LogP contribution in [-0.2, 0) is 14.3 Å². The summed E-state index contributed by atoms with van der Waals surface area (Å²) in [6.45, 7) is 2.03. The van der Waals surface area contributed by atoms with Crippen LogP contribution in [-0.4, -0.2) is 33.6 Å². The van der Waals surface area contributed by atoms with Crippen molar-refractivity contribution in [2.24, 2.45) is 0 Å². The molecule has 1 aromatic carbocycles. The van der Waals surface area contributed by atoms with Crippen molar-refractivity contribution < 1.29 is 14.3 Å². The van der Waals surface area contributed by atoms with E-state index in [0.717, 1.165) is 34.4 Å². The van der Waals surface area contributed by atoms with E-state index < -0.39 is 0 Å². The summed E-state index contributed by atoms with van der Waals surface area (Å²) in [7, 11) is 5.27. The Hall–Kier alpha value is -2.49. The van der Waals surface area contributed by atoms with E-state index in [1.807, 2.05) is 38.3 Å². The van der Waals surface area contributed by atoms with E-state index in [9.17, 15) is 4.79 Å². The topological polar surface area (TPSA) is 38.8 Å². The molecule has 1 atom stereocenters. The van der Waals surface area contributed by atoms with Crippen molar-refractivity contribution >= 4 is 17.5 Å². The van der Waals surface area contributed by atoms with Gasteiger partial charge in [0, 0.05) is 29.9 Å². The van der Waals surface area contributed by atoms with Gasteiger partial charge in [0.1, 0.15) is 17.6 Å². The lowest BCUT2D eigenvalue weighted by molar-refractivity contribution is -0.103. The Morgan fingerprint density at radius 3 is 2.52 bits per heavy atom. The standard InChI is InChI=1S/C18H19NO3.CH4/c1-11-5-6-16-13(7-11)15(10-20)14-8-12(21-3)9-17(22-4)18(14)19(16)2;/h5-10,18H,1-4H3;1H4. The predicted molar refractivity (Wildman–Crippen MR) is 93.3 cm³/mol. The Labute approximate surface area is 137 Å². The van der Waals surface area contributed by atoms with E-state index in [-0.39, 0.29) is 13.5 Å². The monoisotopic (exact) mass is 313 g/mol. The molecule has 0 bridgehead atoms. The highest BCUT2D eigenvalue weighted by Crippen LogP contribution is 2.42. The lowest BCUT2D eigenvalue weighted by Crippen LogP contribution is -2.40. The van der Waals surface area contributed by atoms with Gasteiger partial charge in [-0.05, 0) is 30.7 Å². The maximum Gasteiger partial charge on any atom is 0.151 e. The van der Waals surface area contributed by atoms with Gasteiger partial charge in [0.05, 0.1) is 14.2 Å². The Morgan fingerprint density at radius 2 is 1.91 bits per heavy atom. The van der Waals surface area contributed by atoms with Crippen molar-refractivity contribution in [2.75, 3.05) is 26.2 Å². The zero-order valence-corrected chi connectivity index (χ0v) is 13.2. The number of hydrogen-bond acceptors (Lipinski definition) is 4. The fraction of sp³-hybridized carbons (Fsp3) is 0.316. The second-order valence-electron chi connectivity index (χ2n) is 5.52. The number of aldehydes is 1. The molecule has 0 amide bonds. The zero-order valence-electron chi connectivity index (χ0n) is 13.2. The molecule has 4 heteroatoms. The summed E-state index contributed by atoms with van der Waals surface area (Å²) in [4.78, 5) is 13.9. The van der Waals surface area contributed by atoms with Crippen molar-refractivity contribution in [3.63, 3.8) is 0 Å². The average molecular weight is 313 g/mol. The van der Waals surface area contributed by atoms with Gasteiger partial charge in [-0.25, -0.2) is 0 Å². The van der Waals surface area contributed by atoms with Gasteiger partial charge in [-0.2, -0.15) is 0 Å². The van der Waals surface area contributed by atoms with Gasteiger partial charge in [0.25, 0.3) is 0 Å². The molecular weight excluding hydrogens is 290 g/mol. The Kier molecular flexibility index (Phi) is 4.64. The number of rotatable bonds is 3. The van der Waals surface area contributed by atoms with E-state index in [4.69, 9.17) is 9.47 Å². The fourth-order valence-electron chi connectivity index (χ4n) is 3.16. The molecule has 122 valence electrons. The molecule has 1 aliphatic heterocycles. The van der Waals surface area contributed by atoms with Crippen LogP contribution in [0.4, 0.5) is 5.69 Å². The number of hydrogen-bond donors (Lipinski definition) is 0. The largest absolute Gasteiger partial charge is 0.498 e. The molecule has 0 N–H and O–H groups in total. The van der Waals surface area contributed by atoms with Crippen molar-refractivity contribution in [3.8, 4) is 0 Å². The molecule has 0 spiro atoms. The van der Waals surface area contributed by atoms with E-state index >= 15 is 0 Å². The number of anilines is 1. The number of benzene rings is 1. The molecule has 1 aromatic rings. The number of ether oxygens (including phenoxy) is 2. The summed E-state index contributed by atoms with van der Waals surface area (Å²) < 4.78 is 10.9. The van der Waals surface area contributed by atoms with Gasteiger partial charge in [-0.1, -0.05) is 19.1 Å². The Balaban J connectivity index is 0.00000192. The van der Waals surface area contributed by atoms with Crippen LogP contribution in [0.25, 0.3) is 5.57 Å². The lowest BCUT2D eigenvalue weighted by atomic mass is 9.85. The highest BCUT2D eigenvalue weighted by atomic mass is 16.5. The highest BCUT2D eigenvalue weighted by Gasteiger charge is 2.35. The number of likely N-dealkylation sites (N-methyl/N-ethyl adjacent to an activating group) is 1. The van der Waals surface area contributed by atoms with Gasteiger partial charge >= 0.3 is 0 Å². The fourth-order valence-corrected chi connectivity index (χ4v) is 3.16. The first kappa shape index (κ1) is 16.9. The summed E-state index contributed by atoms with van der Waals surface area (Å²) in [6, 6.07) is 6.04. The van der Waals surface area contributed by atoms with Crippen LogP contribution in [0.3, 0.4) is 0 Å². The van der Waals surface area contributed by atoms with Crippen molar-refractivity contribution in [1.29, 1.82) is 0 Å². The molecular formula is C19H23NO3. The molecule has 1 unspecified atom stereocenters. The summed E-state index contributed by atoms with van der Waals surface area (Å²) >= 11 is 0. The number of allylic oxidation sites excluding steroid dienone is 2. The van der Waals surface area contributed by atoms with E-state index in [1.54, 1.807) is 14.2 Å². The first-order chi connectivity index (χ1) is 10.6. The molecule has 0 fully saturated rings. The van der Waals surface area contributed by atoms with E-state index in [2.05, 4.69) is 11.0 Å². The quantitative estimate of drug-likeness (QED) is 0.801. The first-order valence-corrected chi connectivity index (χ1v) is 7.15. The maximum atomic E-state index is 11.8. The van der Waals surface area contributed by atoms with Crippen LogP contribution in [0.15, 0.2) is 47.4 Å². The van der Waals surface area contributed by atoms with Crippen LogP contribution in [0.2, 0.25) is 0 Å². The third kappa shape index (κ3) is 2.54. The number of aryl methyl sites for hydroxylation is 1. The van der Waals surface area contributed by atoms with Gasteiger partial charge in [0.2, 0.25) is 0 Å². The first-order valence-electron chi connectivity index (χ1n) is 7.15. The predicted octanol–water partition coefficient (Wildman–Crippen LogP) is 3.48. The molecule has 0 saturated heterocycles. The molecule has 1 aliphatic carbocycles. The van der Waals surface area contributed by atoms with Gasteiger partial charge in [0.15, 0.2) is 6.29 Å². The van der Waals surface area contributed by atoms with Crippen molar-refractivity contribution in [3.05, 3.63) is 58.6 Å². The molecule has 3 rings (SSSR count). The maximum absolute atomic E-state index is 11.8. The minimum absolute atomic E-state index is 0. The molecule has 4 nitrogen and oxygen atoms in total. The van der Waals surface area contributed by atoms with Crippen LogP contribution in [0.1, 0.15) is 18.6 Å². The molecule has 0 saturated carbocycles. The second kappa shape index (κ2) is 6.32. The van der Waals surface area contributed by atoms with Gasteiger partial charge in [-0.3, -0.25) is 4.79 Å². The smallest absolute Gasteiger partial charge is 0.151 e. The third-order valence-corrected chi connectivity index (χ3v) is 4.26. The SMILES string of the molecule is C.COC1=CC2=C(C=O)c3cc(C)ccc3N(C)C2C(OC)=C1. The van der Waals surface area contributed by atoms with Crippen molar-refractivity contribution in [1.82, 2.24) is 0 Å². The third-order valence-electron chi connectivity index (χ3n) is 4.26. The molecule has 2 aliphatic rings. The second-order valence-corrected chi connectivity index (χ2v) is 5.52. The molecule has 1 heterocycles. The van der Waals surface area contributed by atoms with Crippen LogP contribution in [0.5, 0.6) is 0 Å². The molecule has 23 heavy (non-hydrogen) atoms. The number of carbonyl (C=O) groups is 1. The number of methoxy groups -OCH3 is 2. The van der Waals surface area contributed by atoms with Crippen LogP contribution < -0.4 is 4.90 Å². The van der Waals surface area contributed by atoms with Crippen LogP contribution >= 0.6 is 0 Å². The Morgan fingerprint density at radius 1 is 1.17 bits per heavy atom. The summed E-state index contributed by atoms with van der Waals surface area (Å²) in [5.74, 6) is 1.45. The minimum Gasteiger partial charge on any atom is -0.498 e. The van der Waals surface area contributed by atoms with E-state index in [1.165, 1.54) is 0 Å². The normalized spacial score (nSPS) is 19.0. The minimum atomic E-state index is -0.112. The van der Waals surface area contributed by atoms with Crippen LogP contribution in [0, 0.1) is 6.92 Å². The summed E-state index contributed by atoms with van der Waals surface area (Å²) in [5.41, 5.74) is 4.71. The number of carbonyl (C=O) groups excluding carboxylic acids is 1. The number of nitrogens with zero attached hydrogens (tertiary/aromatic N) is 1. The molecule has 0 aromatic heterocycles.